The highest BCUT2D eigenvalue weighted by Gasteiger charge is 2.11. The number of aryl methyl sites for hydroxylation is 1. The first-order chi connectivity index (χ1) is 5.66. The van der Waals surface area contributed by atoms with Crippen molar-refractivity contribution in [3.63, 3.8) is 0 Å². The molecule has 0 radical (unpaired) electrons. The van der Waals surface area contributed by atoms with Gasteiger partial charge in [-0.3, -0.25) is 4.68 Å². The van der Waals surface area contributed by atoms with E-state index in [1.54, 1.807) is 18.1 Å². The normalized spacial score (nSPS) is 10.8. The maximum absolute atomic E-state index is 10.6. The van der Waals surface area contributed by atoms with Crippen molar-refractivity contribution in [2.75, 3.05) is 0 Å². The number of hydrogen-bond acceptors (Lipinski definition) is 2. The molecule has 12 heavy (non-hydrogen) atoms. The molecule has 0 spiro atoms. The summed E-state index contributed by atoms with van der Waals surface area (Å²) >= 11 is 3.07. The third kappa shape index (κ3) is 1.55. The lowest BCUT2D eigenvalue weighted by molar-refractivity contribution is 0.0696. The number of rotatable bonds is 2. The zero-order chi connectivity index (χ0) is 9.14. The molecule has 0 aromatic carbocycles. The minimum Gasteiger partial charge on any atom is -0.478 e. The van der Waals surface area contributed by atoms with Crippen LogP contribution in [0.1, 0.15) is 16.1 Å². The molecule has 0 atom stereocenters. The van der Waals surface area contributed by atoms with Gasteiger partial charge in [0.25, 0.3) is 0 Å². The van der Waals surface area contributed by atoms with E-state index >= 15 is 0 Å². The summed E-state index contributed by atoms with van der Waals surface area (Å²) in [6.45, 7) is 0. The Kier molecular flexibility index (Phi) is 2.65. The second kappa shape index (κ2) is 3.53. The number of hydrogen-bond donors (Lipinski definition) is 1. The first kappa shape index (κ1) is 8.99. The molecule has 0 unspecified atom stereocenters. The molecule has 0 bridgehead atoms. The Morgan fingerprint density at radius 3 is 3.00 bits per heavy atom. The standard InChI is InChI=1S/C7H7BrN2O2/c1-10-6(2-3-8)5(4-9-10)7(11)12/h2-4H,1H3,(H,11,12)/b3-2+. The number of halogens is 1. The van der Waals surface area contributed by atoms with Gasteiger partial charge in [-0.05, 0) is 11.1 Å². The minimum atomic E-state index is -0.969. The summed E-state index contributed by atoms with van der Waals surface area (Å²) in [6, 6.07) is 0. The summed E-state index contributed by atoms with van der Waals surface area (Å²) in [4.78, 5) is 12.2. The number of aromatic nitrogens is 2. The van der Waals surface area contributed by atoms with Crippen molar-refractivity contribution in [3.8, 4) is 0 Å². The molecular weight excluding hydrogens is 224 g/mol. The van der Waals surface area contributed by atoms with Crippen molar-refractivity contribution in [2.45, 2.75) is 0 Å². The zero-order valence-corrected chi connectivity index (χ0v) is 7.95. The second-order valence-corrected chi connectivity index (χ2v) is 2.69. The molecule has 1 heterocycles. The van der Waals surface area contributed by atoms with E-state index in [0.29, 0.717) is 5.69 Å². The third-order valence-electron chi connectivity index (χ3n) is 1.44. The van der Waals surface area contributed by atoms with Crippen LogP contribution in [-0.4, -0.2) is 20.9 Å². The Morgan fingerprint density at radius 2 is 2.50 bits per heavy atom. The van der Waals surface area contributed by atoms with Gasteiger partial charge in [-0.1, -0.05) is 15.9 Å². The molecule has 1 N–H and O–H groups in total. The largest absolute Gasteiger partial charge is 0.478 e. The average molecular weight is 231 g/mol. The lowest BCUT2D eigenvalue weighted by Crippen LogP contribution is -1.99. The highest BCUT2D eigenvalue weighted by Crippen LogP contribution is 2.10. The quantitative estimate of drug-likeness (QED) is 0.838. The van der Waals surface area contributed by atoms with Crippen LogP contribution in [0.3, 0.4) is 0 Å². The first-order valence-electron chi connectivity index (χ1n) is 3.19. The fraction of sp³-hybridized carbons (Fsp3) is 0.143. The van der Waals surface area contributed by atoms with Crippen molar-refractivity contribution in [1.29, 1.82) is 0 Å². The van der Waals surface area contributed by atoms with E-state index in [-0.39, 0.29) is 5.56 Å². The van der Waals surface area contributed by atoms with Crippen LogP contribution >= 0.6 is 15.9 Å². The predicted octanol–water partition coefficient (Wildman–Crippen LogP) is 1.48. The van der Waals surface area contributed by atoms with Crippen molar-refractivity contribution >= 4 is 28.0 Å². The molecule has 1 aromatic heterocycles. The van der Waals surface area contributed by atoms with E-state index in [1.165, 1.54) is 10.9 Å². The summed E-state index contributed by atoms with van der Waals surface area (Å²) in [6.07, 6.45) is 2.96. The summed E-state index contributed by atoms with van der Waals surface area (Å²) in [5.41, 5.74) is 0.771. The van der Waals surface area contributed by atoms with Gasteiger partial charge in [-0.2, -0.15) is 5.10 Å². The van der Waals surface area contributed by atoms with E-state index in [1.807, 2.05) is 0 Å². The molecule has 0 saturated carbocycles. The Labute approximate surface area is 77.6 Å². The maximum atomic E-state index is 10.6. The minimum absolute atomic E-state index is 0.202. The number of carbonyl (C=O) groups is 1. The van der Waals surface area contributed by atoms with Gasteiger partial charge in [0.1, 0.15) is 5.56 Å². The lowest BCUT2D eigenvalue weighted by atomic mass is 10.2. The molecule has 1 rings (SSSR count). The fourth-order valence-corrected chi connectivity index (χ4v) is 1.12. The fourth-order valence-electron chi connectivity index (χ4n) is 0.869. The second-order valence-electron chi connectivity index (χ2n) is 2.16. The van der Waals surface area contributed by atoms with Gasteiger partial charge in [-0.25, -0.2) is 4.79 Å². The van der Waals surface area contributed by atoms with Crippen molar-refractivity contribution < 1.29 is 9.90 Å². The van der Waals surface area contributed by atoms with Crippen LogP contribution in [0.15, 0.2) is 11.2 Å². The lowest BCUT2D eigenvalue weighted by Gasteiger charge is -1.94. The third-order valence-corrected chi connectivity index (χ3v) is 1.70. The SMILES string of the molecule is Cn1ncc(C(=O)O)c1/C=C/Br. The number of aromatic carboxylic acids is 1. The van der Waals surface area contributed by atoms with Crippen LogP contribution in [0.5, 0.6) is 0 Å². The Morgan fingerprint density at radius 1 is 1.83 bits per heavy atom. The van der Waals surface area contributed by atoms with Crippen LogP contribution in [0.4, 0.5) is 0 Å². The van der Waals surface area contributed by atoms with E-state index in [0.717, 1.165) is 0 Å². The number of nitrogens with zero attached hydrogens (tertiary/aromatic N) is 2. The highest BCUT2D eigenvalue weighted by molar-refractivity contribution is 9.11. The molecular formula is C7H7BrN2O2. The monoisotopic (exact) mass is 230 g/mol. The van der Waals surface area contributed by atoms with E-state index in [4.69, 9.17) is 5.11 Å². The van der Waals surface area contributed by atoms with Gasteiger partial charge >= 0.3 is 5.97 Å². The summed E-state index contributed by atoms with van der Waals surface area (Å²) in [5.74, 6) is -0.969. The van der Waals surface area contributed by atoms with Crippen LogP contribution in [-0.2, 0) is 7.05 Å². The highest BCUT2D eigenvalue weighted by atomic mass is 79.9. The van der Waals surface area contributed by atoms with Gasteiger partial charge in [-0.15, -0.1) is 0 Å². The maximum Gasteiger partial charge on any atom is 0.339 e. The number of carboxylic acid groups (broad SMARTS) is 1. The van der Waals surface area contributed by atoms with Crippen molar-refractivity contribution in [2.24, 2.45) is 7.05 Å². The first-order valence-corrected chi connectivity index (χ1v) is 4.10. The van der Waals surface area contributed by atoms with Crippen molar-refractivity contribution in [3.05, 3.63) is 22.4 Å². The van der Waals surface area contributed by atoms with E-state index in [9.17, 15) is 4.79 Å². The topological polar surface area (TPSA) is 55.1 Å². The molecule has 0 fully saturated rings. The molecule has 0 aliphatic carbocycles. The summed E-state index contributed by atoms with van der Waals surface area (Å²) in [7, 11) is 1.69. The van der Waals surface area contributed by atoms with Crippen LogP contribution in [0.25, 0.3) is 6.08 Å². The Bertz CT molecular complexity index is 330. The van der Waals surface area contributed by atoms with Gasteiger partial charge in [0.2, 0.25) is 0 Å². The molecule has 0 aliphatic rings. The van der Waals surface area contributed by atoms with Crippen LogP contribution in [0.2, 0.25) is 0 Å². The predicted molar refractivity (Wildman–Crippen MR) is 48.1 cm³/mol. The Balaban J connectivity index is 3.21. The molecule has 0 saturated heterocycles. The number of carboxylic acids is 1. The smallest absolute Gasteiger partial charge is 0.339 e. The molecule has 4 nitrogen and oxygen atoms in total. The molecule has 1 aromatic rings. The van der Waals surface area contributed by atoms with E-state index in [2.05, 4.69) is 21.0 Å². The molecule has 5 heteroatoms. The molecule has 64 valence electrons. The van der Waals surface area contributed by atoms with Gasteiger partial charge in [0.15, 0.2) is 0 Å². The van der Waals surface area contributed by atoms with Gasteiger partial charge < -0.3 is 5.11 Å². The van der Waals surface area contributed by atoms with Crippen LogP contribution < -0.4 is 0 Å². The van der Waals surface area contributed by atoms with Gasteiger partial charge in [0.05, 0.1) is 11.9 Å². The Hall–Kier alpha value is -1.10. The summed E-state index contributed by atoms with van der Waals surface area (Å²) in [5, 5.41) is 12.5. The molecule has 0 amide bonds. The van der Waals surface area contributed by atoms with Crippen molar-refractivity contribution in [1.82, 2.24) is 9.78 Å². The zero-order valence-electron chi connectivity index (χ0n) is 6.36. The van der Waals surface area contributed by atoms with Crippen LogP contribution in [0, 0.1) is 0 Å². The average Bonchev–Trinajstić information content (AvgIpc) is 2.34. The van der Waals surface area contributed by atoms with Gasteiger partial charge in [0, 0.05) is 7.05 Å². The van der Waals surface area contributed by atoms with E-state index < -0.39 is 5.97 Å². The summed E-state index contributed by atoms with van der Waals surface area (Å²) < 4.78 is 1.50. The molecule has 0 aliphatic heterocycles.